The molecule has 0 saturated heterocycles. The predicted octanol–water partition coefficient (Wildman–Crippen LogP) is 2.64. The van der Waals surface area contributed by atoms with Crippen LogP contribution in [0.4, 0.5) is 0 Å². The molecule has 26 heavy (non-hydrogen) atoms. The molecule has 0 fully saturated rings. The number of hydrogen-bond donors (Lipinski definition) is 2. The maximum atomic E-state index is 11.6. The lowest BCUT2D eigenvalue weighted by Crippen LogP contribution is -2.39. The molecule has 6 heteroatoms. The van der Waals surface area contributed by atoms with Crippen LogP contribution >= 0.6 is 0 Å². The highest BCUT2D eigenvalue weighted by molar-refractivity contribution is 5.79. The lowest BCUT2D eigenvalue weighted by molar-refractivity contribution is -0.130. The number of ether oxygens (including phenoxy) is 1. The van der Waals surface area contributed by atoms with Gasteiger partial charge in [-0.1, -0.05) is 38.8 Å². The summed E-state index contributed by atoms with van der Waals surface area (Å²) in [6.07, 6.45) is 2.32. The molecule has 6 nitrogen and oxygen atoms in total. The highest BCUT2D eigenvalue weighted by atomic mass is 16.5. The number of carbonyl (C=O) groups is 1. The largest absolute Gasteiger partial charge is 0.484 e. The zero-order chi connectivity index (χ0) is 19.4. The van der Waals surface area contributed by atoms with Gasteiger partial charge in [0.25, 0.3) is 5.91 Å². The first kappa shape index (κ1) is 21.8. The van der Waals surface area contributed by atoms with Crippen LogP contribution in [0.3, 0.4) is 0 Å². The molecule has 2 N–H and O–H groups in total. The molecule has 0 radical (unpaired) electrons. The number of aliphatic imine (C=N–C) groups is 1. The summed E-state index contributed by atoms with van der Waals surface area (Å²) in [6, 6.07) is 7.71. The van der Waals surface area contributed by atoms with Gasteiger partial charge in [-0.15, -0.1) is 0 Å². The van der Waals surface area contributed by atoms with Crippen molar-refractivity contribution in [2.75, 3.05) is 33.8 Å². The third kappa shape index (κ3) is 8.23. The third-order valence-corrected chi connectivity index (χ3v) is 4.24. The molecule has 0 aromatic heterocycles. The van der Waals surface area contributed by atoms with Crippen LogP contribution in [0.5, 0.6) is 5.75 Å². The summed E-state index contributed by atoms with van der Waals surface area (Å²) in [5.74, 6) is 2.11. The van der Waals surface area contributed by atoms with Gasteiger partial charge in [-0.25, -0.2) is 4.99 Å². The molecule has 1 aromatic rings. The van der Waals surface area contributed by atoms with Crippen molar-refractivity contribution in [3.63, 3.8) is 0 Å². The van der Waals surface area contributed by atoms with Crippen molar-refractivity contribution < 1.29 is 9.53 Å². The van der Waals surface area contributed by atoms with Crippen molar-refractivity contribution in [3.05, 3.63) is 29.8 Å². The number of rotatable bonds is 10. The molecule has 0 aliphatic carbocycles. The standard InChI is InChI=1S/C20H34N4O2/c1-6-16(7-2)13-22-20(21-8-3)23-14-17-10-9-11-18(12-17)26-15-19(25)24(4)5/h9-12,16H,6-8,13-15H2,1-5H3,(H2,21,22,23). The van der Waals surface area contributed by atoms with Gasteiger partial charge in [-0.3, -0.25) is 4.79 Å². The van der Waals surface area contributed by atoms with Crippen molar-refractivity contribution in [1.29, 1.82) is 0 Å². The van der Waals surface area contributed by atoms with Gasteiger partial charge in [0.15, 0.2) is 12.6 Å². The van der Waals surface area contributed by atoms with Crippen molar-refractivity contribution in [2.24, 2.45) is 10.9 Å². The van der Waals surface area contributed by atoms with Gasteiger partial charge >= 0.3 is 0 Å². The first-order valence-corrected chi connectivity index (χ1v) is 9.44. The van der Waals surface area contributed by atoms with Crippen molar-refractivity contribution in [3.8, 4) is 5.75 Å². The summed E-state index contributed by atoms with van der Waals surface area (Å²) < 4.78 is 5.56. The molecular formula is C20H34N4O2. The zero-order valence-corrected chi connectivity index (χ0v) is 16.8. The Morgan fingerprint density at radius 3 is 2.54 bits per heavy atom. The quantitative estimate of drug-likeness (QED) is 0.496. The van der Waals surface area contributed by atoms with Gasteiger partial charge in [0.1, 0.15) is 5.75 Å². The minimum absolute atomic E-state index is 0.0410. The predicted molar refractivity (Wildman–Crippen MR) is 108 cm³/mol. The topological polar surface area (TPSA) is 66.0 Å². The second-order valence-corrected chi connectivity index (χ2v) is 6.48. The van der Waals surface area contributed by atoms with E-state index in [1.165, 1.54) is 4.90 Å². The summed E-state index contributed by atoms with van der Waals surface area (Å²) in [6.45, 7) is 8.83. The number of nitrogens with zero attached hydrogens (tertiary/aromatic N) is 2. The lowest BCUT2D eigenvalue weighted by atomic mass is 10.0. The van der Waals surface area contributed by atoms with Crippen LogP contribution in [0.2, 0.25) is 0 Å². The van der Waals surface area contributed by atoms with E-state index >= 15 is 0 Å². The first-order valence-electron chi connectivity index (χ1n) is 9.44. The van der Waals surface area contributed by atoms with Crippen LogP contribution in [0.25, 0.3) is 0 Å². The smallest absolute Gasteiger partial charge is 0.259 e. The molecule has 146 valence electrons. The summed E-state index contributed by atoms with van der Waals surface area (Å²) in [7, 11) is 3.43. The number of likely N-dealkylation sites (N-methyl/N-ethyl adjacent to an activating group) is 1. The summed E-state index contributed by atoms with van der Waals surface area (Å²) in [5.41, 5.74) is 1.04. The SMILES string of the molecule is CCNC(=NCc1cccc(OCC(=O)N(C)C)c1)NCC(CC)CC. The van der Waals surface area contributed by atoms with E-state index in [0.717, 1.165) is 37.5 Å². The molecule has 1 rings (SSSR count). The number of guanidine groups is 1. The Labute approximate surface area is 158 Å². The van der Waals surface area contributed by atoms with Crippen LogP contribution in [-0.4, -0.2) is 50.6 Å². The van der Waals surface area contributed by atoms with E-state index in [1.54, 1.807) is 14.1 Å². The minimum atomic E-state index is -0.0616. The Bertz CT molecular complexity index is 569. The Hall–Kier alpha value is -2.24. The van der Waals surface area contributed by atoms with Gasteiger partial charge in [-0.05, 0) is 30.5 Å². The Morgan fingerprint density at radius 1 is 1.19 bits per heavy atom. The molecule has 0 heterocycles. The van der Waals surface area contributed by atoms with E-state index in [4.69, 9.17) is 4.74 Å². The average molecular weight is 363 g/mol. The molecule has 0 aliphatic heterocycles. The normalized spacial score (nSPS) is 11.4. The average Bonchev–Trinajstić information content (AvgIpc) is 2.65. The zero-order valence-electron chi connectivity index (χ0n) is 16.8. The van der Waals surface area contributed by atoms with E-state index in [9.17, 15) is 4.79 Å². The molecule has 0 unspecified atom stereocenters. The van der Waals surface area contributed by atoms with E-state index in [0.29, 0.717) is 18.2 Å². The Morgan fingerprint density at radius 2 is 1.92 bits per heavy atom. The molecule has 0 atom stereocenters. The molecule has 0 aliphatic rings. The van der Waals surface area contributed by atoms with Gasteiger partial charge in [0.05, 0.1) is 6.54 Å². The molecular weight excluding hydrogens is 328 g/mol. The fraction of sp³-hybridized carbons (Fsp3) is 0.600. The second kappa shape index (κ2) is 12.2. The minimum Gasteiger partial charge on any atom is -0.484 e. The monoisotopic (exact) mass is 362 g/mol. The Balaban J connectivity index is 2.65. The fourth-order valence-corrected chi connectivity index (χ4v) is 2.34. The van der Waals surface area contributed by atoms with Crippen LogP contribution in [0, 0.1) is 5.92 Å². The van der Waals surface area contributed by atoms with Crippen LogP contribution in [0.1, 0.15) is 39.2 Å². The first-order chi connectivity index (χ1) is 12.5. The summed E-state index contributed by atoms with van der Waals surface area (Å²) in [4.78, 5) is 17.8. The van der Waals surface area contributed by atoms with Crippen molar-refractivity contribution in [1.82, 2.24) is 15.5 Å². The van der Waals surface area contributed by atoms with Crippen LogP contribution in [0.15, 0.2) is 29.3 Å². The van der Waals surface area contributed by atoms with Crippen LogP contribution < -0.4 is 15.4 Å². The third-order valence-electron chi connectivity index (χ3n) is 4.24. The number of benzene rings is 1. The number of carbonyl (C=O) groups excluding carboxylic acids is 1. The number of nitrogens with one attached hydrogen (secondary N) is 2. The molecule has 1 aromatic carbocycles. The fourth-order valence-electron chi connectivity index (χ4n) is 2.34. The Kier molecular flexibility index (Phi) is 10.2. The molecule has 1 amide bonds. The lowest BCUT2D eigenvalue weighted by Gasteiger charge is -2.16. The highest BCUT2D eigenvalue weighted by Crippen LogP contribution is 2.14. The van der Waals surface area contributed by atoms with E-state index in [2.05, 4.69) is 36.4 Å². The van der Waals surface area contributed by atoms with Gasteiger partial charge < -0.3 is 20.3 Å². The maximum Gasteiger partial charge on any atom is 0.259 e. The van der Waals surface area contributed by atoms with E-state index < -0.39 is 0 Å². The van der Waals surface area contributed by atoms with Crippen molar-refractivity contribution in [2.45, 2.75) is 40.2 Å². The van der Waals surface area contributed by atoms with Gasteiger partial charge in [-0.2, -0.15) is 0 Å². The number of hydrogen-bond acceptors (Lipinski definition) is 3. The summed E-state index contributed by atoms with van der Waals surface area (Å²) >= 11 is 0. The molecule has 0 saturated carbocycles. The van der Waals surface area contributed by atoms with Crippen LogP contribution in [-0.2, 0) is 11.3 Å². The highest BCUT2D eigenvalue weighted by Gasteiger charge is 2.06. The maximum absolute atomic E-state index is 11.6. The van der Waals surface area contributed by atoms with E-state index in [1.807, 2.05) is 24.3 Å². The number of amides is 1. The second-order valence-electron chi connectivity index (χ2n) is 6.48. The van der Waals surface area contributed by atoms with Crippen molar-refractivity contribution >= 4 is 11.9 Å². The van der Waals surface area contributed by atoms with Gasteiger partial charge in [0, 0.05) is 27.2 Å². The summed E-state index contributed by atoms with van der Waals surface area (Å²) in [5, 5.41) is 6.70. The van der Waals surface area contributed by atoms with Gasteiger partial charge in [0.2, 0.25) is 0 Å². The molecule has 0 spiro atoms. The van der Waals surface area contributed by atoms with E-state index in [-0.39, 0.29) is 12.5 Å². The molecule has 0 bridgehead atoms.